The fourth-order valence-corrected chi connectivity index (χ4v) is 3.56. The Morgan fingerprint density at radius 2 is 1.28 bits per heavy atom. The summed E-state index contributed by atoms with van der Waals surface area (Å²) in [6.45, 7) is 1.31. The molecule has 2 aromatic carbocycles. The summed E-state index contributed by atoms with van der Waals surface area (Å²) in [5, 5.41) is 27.2. The number of nitrogens with two attached hydrogens (primary N) is 1. The molecule has 36 heavy (non-hydrogen) atoms. The predicted octanol–water partition coefficient (Wildman–Crippen LogP) is -0.351. The monoisotopic (exact) mass is 516 g/mol. The van der Waals surface area contributed by atoms with Gasteiger partial charge in [0.1, 0.15) is 18.1 Å². The molecule has 2 rings (SSSR count). The molecule has 7 N–H and O–H groups in total. The highest BCUT2D eigenvalue weighted by Crippen LogP contribution is 2.08. The molecule has 0 aromatic heterocycles. The van der Waals surface area contributed by atoms with Gasteiger partial charge in [-0.3, -0.25) is 14.4 Å². The number of hydrogen-bond donors (Lipinski definition) is 7. The van der Waals surface area contributed by atoms with Crippen LogP contribution in [0.2, 0.25) is 0 Å². The van der Waals surface area contributed by atoms with E-state index < -0.39 is 54.0 Å². The van der Waals surface area contributed by atoms with Crippen LogP contribution in [-0.2, 0) is 32.0 Å². The molecule has 0 aliphatic carbocycles. The highest BCUT2D eigenvalue weighted by atomic mass is 32.1. The second-order valence-corrected chi connectivity index (χ2v) is 8.72. The van der Waals surface area contributed by atoms with E-state index in [1.165, 1.54) is 6.92 Å². The lowest BCUT2D eigenvalue weighted by Gasteiger charge is -2.26. The number of carbonyl (C=O) groups is 4. The Morgan fingerprint density at radius 1 is 0.806 bits per heavy atom. The third-order valence-electron chi connectivity index (χ3n) is 5.41. The molecule has 0 aliphatic rings. The zero-order chi connectivity index (χ0) is 26.7. The second kappa shape index (κ2) is 14.2. The maximum atomic E-state index is 13.2. The fourth-order valence-electron chi connectivity index (χ4n) is 3.39. The maximum absolute atomic E-state index is 13.2. The number of rotatable bonds is 13. The van der Waals surface area contributed by atoms with Crippen molar-refractivity contribution in [1.29, 1.82) is 0 Å². The summed E-state index contributed by atoms with van der Waals surface area (Å²) in [5.74, 6) is -3.44. The molecule has 0 spiro atoms. The second-order valence-electron chi connectivity index (χ2n) is 8.36. The van der Waals surface area contributed by atoms with Gasteiger partial charge in [0.15, 0.2) is 0 Å². The Balaban J connectivity index is 2.23. The van der Waals surface area contributed by atoms with Gasteiger partial charge in [-0.25, -0.2) is 4.79 Å². The third-order valence-corrected chi connectivity index (χ3v) is 5.80. The Morgan fingerprint density at radius 3 is 1.72 bits per heavy atom. The molecule has 11 heteroatoms. The van der Waals surface area contributed by atoms with E-state index in [0.717, 1.165) is 0 Å². The fraction of sp³-hybridized carbons (Fsp3) is 0.360. The Hall–Kier alpha value is -3.41. The molecule has 0 aliphatic heterocycles. The van der Waals surface area contributed by atoms with Gasteiger partial charge in [-0.2, -0.15) is 12.6 Å². The van der Waals surface area contributed by atoms with Crippen molar-refractivity contribution in [3.05, 3.63) is 71.8 Å². The van der Waals surface area contributed by atoms with Crippen molar-refractivity contribution in [2.75, 3.05) is 5.75 Å². The van der Waals surface area contributed by atoms with Crippen LogP contribution in [0, 0.1) is 0 Å². The molecule has 0 saturated carbocycles. The minimum atomic E-state index is -1.39. The number of carboxylic acid groups (broad SMARTS) is 1. The van der Waals surface area contributed by atoms with E-state index in [-0.39, 0.29) is 18.6 Å². The van der Waals surface area contributed by atoms with Crippen LogP contribution < -0.4 is 21.7 Å². The van der Waals surface area contributed by atoms with Crippen LogP contribution >= 0.6 is 12.6 Å². The Labute approximate surface area is 215 Å². The standard InChI is InChI=1S/C25H32N4O6S/c1-15(30)21(29-22(31)18(26)14-36)24(33)27-19(12-16-8-4-2-5-9-16)23(32)28-20(25(34)35)13-17-10-6-3-7-11-17/h2-11,15,18-21,30,36H,12-14,26H2,1H3,(H,27,33)(H,28,32)(H,29,31)(H,34,35). The molecule has 2 aromatic rings. The van der Waals surface area contributed by atoms with Crippen LogP contribution in [0.3, 0.4) is 0 Å². The molecule has 0 bridgehead atoms. The Bertz CT molecular complexity index is 1020. The largest absolute Gasteiger partial charge is 0.480 e. The summed E-state index contributed by atoms with van der Waals surface area (Å²) >= 11 is 3.95. The zero-order valence-electron chi connectivity index (χ0n) is 19.8. The van der Waals surface area contributed by atoms with E-state index >= 15 is 0 Å². The van der Waals surface area contributed by atoms with Gasteiger partial charge in [-0.1, -0.05) is 60.7 Å². The SMILES string of the molecule is CC(O)C(NC(=O)C(N)CS)C(=O)NC(Cc1ccccc1)C(=O)NC(Cc1ccccc1)C(=O)O. The smallest absolute Gasteiger partial charge is 0.326 e. The summed E-state index contributed by atoms with van der Waals surface area (Å²) in [7, 11) is 0. The van der Waals surface area contributed by atoms with Crippen LogP contribution in [-0.4, -0.2) is 69.9 Å². The minimum Gasteiger partial charge on any atom is -0.480 e. The molecule has 194 valence electrons. The minimum absolute atomic E-state index is 0.0248. The summed E-state index contributed by atoms with van der Waals surface area (Å²) in [6.07, 6.45) is -1.21. The lowest BCUT2D eigenvalue weighted by atomic mass is 10.0. The number of nitrogens with one attached hydrogen (secondary N) is 3. The maximum Gasteiger partial charge on any atom is 0.326 e. The van der Waals surface area contributed by atoms with E-state index in [9.17, 15) is 29.4 Å². The van der Waals surface area contributed by atoms with E-state index in [4.69, 9.17) is 5.73 Å². The first-order chi connectivity index (χ1) is 17.1. The van der Waals surface area contributed by atoms with E-state index in [1.54, 1.807) is 60.7 Å². The van der Waals surface area contributed by atoms with Gasteiger partial charge >= 0.3 is 5.97 Å². The number of thiol groups is 1. The first-order valence-electron chi connectivity index (χ1n) is 11.4. The number of carbonyl (C=O) groups excluding carboxylic acids is 3. The zero-order valence-corrected chi connectivity index (χ0v) is 20.7. The average molecular weight is 517 g/mol. The average Bonchev–Trinajstić information content (AvgIpc) is 2.86. The predicted molar refractivity (Wildman–Crippen MR) is 137 cm³/mol. The number of benzene rings is 2. The van der Waals surface area contributed by atoms with Crippen molar-refractivity contribution in [2.45, 2.75) is 50.0 Å². The summed E-state index contributed by atoms with van der Waals surface area (Å²) < 4.78 is 0. The third kappa shape index (κ3) is 8.99. The molecule has 0 fully saturated rings. The lowest BCUT2D eigenvalue weighted by Crippen LogP contribution is -2.60. The molecule has 0 radical (unpaired) electrons. The first-order valence-corrected chi connectivity index (χ1v) is 12.0. The highest BCUT2D eigenvalue weighted by Gasteiger charge is 2.32. The molecular formula is C25H32N4O6S. The summed E-state index contributed by atoms with van der Waals surface area (Å²) in [5.41, 5.74) is 7.07. The van der Waals surface area contributed by atoms with Crippen LogP contribution in [0.1, 0.15) is 18.1 Å². The number of carboxylic acids is 1. The Kier molecular flexibility index (Phi) is 11.4. The quantitative estimate of drug-likeness (QED) is 0.178. The van der Waals surface area contributed by atoms with Crippen LogP contribution in [0.4, 0.5) is 0 Å². The van der Waals surface area contributed by atoms with Crippen molar-refractivity contribution in [2.24, 2.45) is 5.73 Å². The number of amides is 3. The topological polar surface area (TPSA) is 171 Å². The van der Waals surface area contributed by atoms with Crippen molar-refractivity contribution in [3.8, 4) is 0 Å². The number of hydrogen-bond acceptors (Lipinski definition) is 7. The lowest BCUT2D eigenvalue weighted by molar-refractivity contribution is -0.142. The molecule has 3 amide bonds. The first kappa shape index (κ1) is 28.8. The molecule has 0 saturated heterocycles. The normalized spacial score (nSPS) is 15.0. The van der Waals surface area contributed by atoms with Gasteiger partial charge in [-0.05, 0) is 18.1 Å². The van der Waals surface area contributed by atoms with E-state index in [1.807, 2.05) is 0 Å². The van der Waals surface area contributed by atoms with Gasteiger partial charge in [0.25, 0.3) is 0 Å². The molecule has 0 heterocycles. The number of aliphatic hydroxyl groups is 1. The molecule has 5 atom stereocenters. The summed E-state index contributed by atoms with van der Waals surface area (Å²) in [6, 6.07) is 12.8. The van der Waals surface area contributed by atoms with Crippen molar-refractivity contribution >= 4 is 36.3 Å². The van der Waals surface area contributed by atoms with Crippen molar-refractivity contribution in [1.82, 2.24) is 16.0 Å². The van der Waals surface area contributed by atoms with Crippen molar-refractivity contribution in [3.63, 3.8) is 0 Å². The van der Waals surface area contributed by atoms with Gasteiger partial charge in [0, 0.05) is 18.6 Å². The van der Waals surface area contributed by atoms with Crippen LogP contribution in [0.15, 0.2) is 60.7 Å². The molecular weight excluding hydrogens is 484 g/mol. The molecule has 5 unspecified atom stereocenters. The molecule has 10 nitrogen and oxygen atoms in total. The van der Waals surface area contributed by atoms with E-state index in [2.05, 4.69) is 28.6 Å². The number of aliphatic hydroxyl groups excluding tert-OH is 1. The summed E-state index contributed by atoms with van der Waals surface area (Å²) in [4.78, 5) is 50.2. The number of aliphatic carboxylic acids is 1. The van der Waals surface area contributed by atoms with Gasteiger partial charge < -0.3 is 31.9 Å². The van der Waals surface area contributed by atoms with E-state index in [0.29, 0.717) is 11.1 Å². The van der Waals surface area contributed by atoms with Gasteiger partial charge in [-0.15, -0.1) is 0 Å². The van der Waals surface area contributed by atoms with Crippen LogP contribution in [0.25, 0.3) is 0 Å². The van der Waals surface area contributed by atoms with Gasteiger partial charge in [0.2, 0.25) is 17.7 Å². The highest BCUT2D eigenvalue weighted by molar-refractivity contribution is 7.80. The van der Waals surface area contributed by atoms with Gasteiger partial charge in [0.05, 0.1) is 12.1 Å². The van der Waals surface area contributed by atoms with Crippen molar-refractivity contribution < 1.29 is 29.4 Å². The van der Waals surface area contributed by atoms with Crippen LogP contribution in [0.5, 0.6) is 0 Å².